The van der Waals surface area contributed by atoms with E-state index in [9.17, 15) is 14.7 Å². The molecule has 1 unspecified atom stereocenters. The summed E-state index contributed by atoms with van der Waals surface area (Å²) in [7, 11) is 0. The Morgan fingerprint density at radius 2 is 1.76 bits per heavy atom. The Hall–Kier alpha value is -3.28. The summed E-state index contributed by atoms with van der Waals surface area (Å²) in [5.74, 6) is -0.315. The van der Waals surface area contributed by atoms with E-state index in [0.717, 1.165) is 35.7 Å². The lowest BCUT2D eigenvalue weighted by Crippen LogP contribution is -2.58. The maximum Gasteiger partial charge on any atom is 0.405 e. The number of rotatable bonds is 9. The lowest BCUT2D eigenvalue weighted by Gasteiger charge is -2.28. The zero-order valence-corrected chi connectivity index (χ0v) is 16.6. The molecule has 0 saturated heterocycles. The van der Waals surface area contributed by atoms with E-state index in [1.165, 1.54) is 5.56 Å². The van der Waals surface area contributed by atoms with E-state index < -0.39 is 11.6 Å². The number of aromatic nitrogens is 1. The molecule has 0 fully saturated rings. The van der Waals surface area contributed by atoms with Gasteiger partial charge >= 0.3 is 6.09 Å². The van der Waals surface area contributed by atoms with E-state index in [0.29, 0.717) is 6.54 Å². The van der Waals surface area contributed by atoms with Crippen molar-refractivity contribution in [3.8, 4) is 0 Å². The number of hydrogen-bond acceptors (Lipinski definition) is 2. The van der Waals surface area contributed by atoms with E-state index in [2.05, 4.69) is 27.8 Å². The largest absolute Gasteiger partial charge is 0.465 e. The molecule has 0 radical (unpaired) electrons. The maximum atomic E-state index is 12.8. The molecule has 0 saturated carbocycles. The van der Waals surface area contributed by atoms with Gasteiger partial charge in [-0.25, -0.2) is 4.79 Å². The number of carbonyl (C=O) groups excluding carboxylic acids is 1. The number of unbranched alkanes of at least 4 members (excludes halogenated alkanes) is 1. The van der Waals surface area contributed by atoms with E-state index in [1.807, 2.05) is 48.7 Å². The molecule has 0 aliphatic rings. The van der Waals surface area contributed by atoms with Crippen molar-refractivity contribution in [1.29, 1.82) is 0 Å². The molecular formula is C23H27N3O3. The summed E-state index contributed by atoms with van der Waals surface area (Å²) in [6.07, 6.45) is 3.62. The van der Waals surface area contributed by atoms with Gasteiger partial charge in [-0.1, -0.05) is 48.5 Å². The molecule has 1 heterocycles. The Morgan fingerprint density at radius 3 is 2.52 bits per heavy atom. The first-order valence-corrected chi connectivity index (χ1v) is 9.86. The van der Waals surface area contributed by atoms with Crippen molar-refractivity contribution in [2.24, 2.45) is 0 Å². The van der Waals surface area contributed by atoms with Crippen molar-refractivity contribution in [3.05, 3.63) is 71.9 Å². The number of aromatic amines is 1. The molecule has 1 aromatic heterocycles. The third-order valence-electron chi connectivity index (χ3n) is 5.12. The number of benzene rings is 2. The minimum atomic E-state index is -1.25. The van der Waals surface area contributed by atoms with Gasteiger partial charge < -0.3 is 20.7 Å². The van der Waals surface area contributed by atoms with Crippen LogP contribution in [0.5, 0.6) is 0 Å². The first-order chi connectivity index (χ1) is 14.0. The number of para-hydroxylation sites is 1. The standard InChI is InChI=1S/C23H27N3O3/c1-23(26-22(28)29,15-18-16-25-20-13-6-5-12-19(18)20)21(27)24-14-8-7-11-17-9-3-2-4-10-17/h2-6,9-10,12-13,16,25-26H,7-8,11,14-15H2,1H3,(H,24,27)(H,28,29). The second-order valence-corrected chi connectivity index (χ2v) is 7.50. The van der Waals surface area contributed by atoms with E-state index >= 15 is 0 Å². The van der Waals surface area contributed by atoms with Crippen molar-refractivity contribution >= 4 is 22.9 Å². The summed E-state index contributed by atoms with van der Waals surface area (Å²) in [5.41, 5.74) is 1.88. The van der Waals surface area contributed by atoms with Crippen LogP contribution in [-0.4, -0.2) is 34.2 Å². The van der Waals surface area contributed by atoms with E-state index in [1.54, 1.807) is 6.92 Å². The predicted molar refractivity (Wildman–Crippen MR) is 114 cm³/mol. The van der Waals surface area contributed by atoms with Crippen molar-refractivity contribution in [3.63, 3.8) is 0 Å². The molecule has 2 aromatic carbocycles. The molecule has 2 amide bonds. The monoisotopic (exact) mass is 393 g/mol. The summed E-state index contributed by atoms with van der Waals surface area (Å²) >= 11 is 0. The quantitative estimate of drug-likeness (QED) is 0.416. The van der Waals surface area contributed by atoms with Crippen molar-refractivity contribution < 1.29 is 14.7 Å². The van der Waals surface area contributed by atoms with Crippen LogP contribution in [-0.2, 0) is 17.6 Å². The topological polar surface area (TPSA) is 94.2 Å². The van der Waals surface area contributed by atoms with Crippen LogP contribution in [0.1, 0.15) is 30.9 Å². The number of carboxylic acid groups (broad SMARTS) is 1. The number of carbonyl (C=O) groups is 2. The molecule has 6 heteroatoms. The third kappa shape index (κ3) is 5.38. The highest BCUT2D eigenvalue weighted by Gasteiger charge is 2.35. The van der Waals surface area contributed by atoms with Crippen LogP contribution < -0.4 is 10.6 Å². The lowest BCUT2D eigenvalue weighted by molar-refractivity contribution is -0.126. The second-order valence-electron chi connectivity index (χ2n) is 7.50. The summed E-state index contributed by atoms with van der Waals surface area (Å²) < 4.78 is 0. The molecule has 1 atom stereocenters. The number of nitrogens with one attached hydrogen (secondary N) is 3. The average molecular weight is 393 g/mol. The zero-order valence-electron chi connectivity index (χ0n) is 16.6. The highest BCUT2D eigenvalue weighted by atomic mass is 16.4. The molecule has 6 nitrogen and oxygen atoms in total. The number of H-pyrrole nitrogens is 1. The van der Waals surface area contributed by atoms with Gasteiger partial charge in [0.15, 0.2) is 0 Å². The first kappa shape index (κ1) is 20.5. The molecule has 152 valence electrons. The molecule has 4 N–H and O–H groups in total. The minimum absolute atomic E-state index is 0.263. The molecule has 0 spiro atoms. The van der Waals surface area contributed by atoms with Crippen LogP contribution in [0, 0.1) is 0 Å². The number of hydrogen-bond donors (Lipinski definition) is 4. The highest BCUT2D eigenvalue weighted by molar-refractivity contribution is 5.91. The number of amides is 2. The Bertz CT molecular complexity index is 968. The molecule has 3 rings (SSSR count). The Kier molecular flexibility index (Phi) is 6.54. The van der Waals surface area contributed by atoms with Crippen LogP contribution in [0.15, 0.2) is 60.8 Å². The molecular weight excluding hydrogens is 366 g/mol. The van der Waals surface area contributed by atoms with Crippen LogP contribution in [0.4, 0.5) is 4.79 Å². The van der Waals surface area contributed by atoms with Gasteiger partial charge in [0.25, 0.3) is 0 Å². The van der Waals surface area contributed by atoms with Crippen LogP contribution in [0.2, 0.25) is 0 Å². The Labute approximate surface area is 170 Å². The Balaban J connectivity index is 1.59. The molecule has 29 heavy (non-hydrogen) atoms. The summed E-state index contributed by atoms with van der Waals surface area (Å²) in [4.78, 5) is 27.4. The smallest absolute Gasteiger partial charge is 0.405 e. The highest BCUT2D eigenvalue weighted by Crippen LogP contribution is 2.23. The fourth-order valence-electron chi connectivity index (χ4n) is 3.57. The van der Waals surface area contributed by atoms with Crippen molar-refractivity contribution in [1.82, 2.24) is 15.6 Å². The van der Waals surface area contributed by atoms with Gasteiger partial charge in [-0.3, -0.25) is 4.79 Å². The fourth-order valence-corrected chi connectivity index (χ4v) is 3.57. The Morgan fingerprint density at radius 1 is 1.03 bits per heavy atom. The number of fused-ring (bicyclic) bond motifs is 1. The van der Waals surface area contributed by atoms with Crippen LogP contribution in [0.3, 0.4) is 0 Å². The summed E-state index contributed by atoms with van der Waals surface area (Å²) in [6.45, 7) is 2.14. The van der Waals surface area contributed by atoms with Crippen LogP contribution >= 0.6 is 0 Å². The van der Waals surface area contributed by atoms with Gasteiger partial charge in [-0.2, -0.15) is 0 Å². The first-order valence-electron chi connectivity index (χ1n) is 9.86. The van der Waals surface area contributed by atoms with E-state index in [-0.39, 0.29) is 12.3 Å². The zero-order chi connectivity index (χ0) is 20.7. The lowest BCUT2D eigenvalue weighted by atomic mass is 9.91. The van der Waals surface area contributed by atoms with Crippen molar-refractivity contribution in [2.45, 2.75) is 38.1 Å². The SMILES string of the molecule is CC(Cc1c[nH]c2ccccc12)(NC(=O)O)C(=O)NCCCCc1ccccc1. The molecule has 0 aliphatic carbocycles. The van der Waals surface area contributed by atoms with Gasteiger partial charge in [0, 0.05) is 30.1 Å². The third-order valence-corrected chi connectivity index (χ3v) is 5.12. The average Bonchev–Trinajstić information content (AvgIpc) is 3.10. The fraction of sp³-hybridized carbons (Fsp3) is 0.304. The van der Waals surface area contributed by atoms with Crippen molar-refractivity contribution in [2.75, 3.05) is 6.54 Å². The molecule has 3 aromatic rings. The van der Waals surface area contributed by atoms with Gasteiger partial charge in [0.1, 0.15) is 5.54 Å². The van der Waals surface area contributed by atoms with E-state index in [4.69, 9.17) is 0 Å². The normalized spacial score (nSPS) is 13.0. The molecule has 0 aliphatic heterocycles. The predicted octanol–water partition coefficient (Wildman–Crippen LogP) is 3.88. The second kappa shape index (κ2) is 9.28. The summed E-state index contributed by atoms with van der Waals surface area (Å²) in [5, 5.41) is 15.6. The van der Waals surface area contributed by atoms with Gasteiger partial charge in [-0.15, -0.1) is 0 Å². The summed E-state index contributed by atoms with van der Waals surface area (Å²) in [6, 6.07) is 18.0. The maximum absolute atomic E-state index is 12.8. The minimum Gasteiger partial charge on any atom is -0.465 e. The van der Waals surface area contributed by atoms with Gasteiger partial charge in [0.05, 0.1) is 0 Å². The van der Waals surface area contributed by atoms with Crippen LogP contribution in [0.25, 0.3) is 10.9 Å². The number of aryl methyl sites for hydroxylation is 1. The van der Waals surface area contributed by atoms with Gasteiger partial charge in [0.2, 0.25) is 5.91 Å². The van der Waals surface area contributed by atoms with Gasteiger partial charge in [-0.05, 0) is 43.4 Å². The molecule has 0 bridgehead atoms.